The fourth-order valence-electron chi connectivity index (χ4n) is 3.33. The average molecular weight is 297 g/mol. The van der Waals surface area contributed by atoms with Gasteiger partial charge in [-0.15, -0.1) is 0 Å². The summed E-state index contributed by atoms with van der Waals surface area (Å²) < 4.78 is 5.61. The molecule has 1 aromatic carbocycles. The summed E-state index contributed by atoms with van der Waals surface area (Å²) in [4.78, 5) is 18.9. The van der Waals surface area contributed by atoms with Crippen LogP contribution in [0.25, 0.3) is 0 Å². The number of benzene rings is 1. The van der Waals surface area contributed by atoms with Gasteiger partial charge in [-0.25, -0.2) is 9.78 Å². The molecule has 0 bridgehead atoms. The number of pyridine rings is 1. The second-order valence-electron chi connectivity index (χ2n) is 5.77. The second-order valence-corrected chi connectivity index (χ2v) is 5.77. The van der Waals surface area contributed by atoms with E-state index in [0.717, 1.165) is 43.1 Å². The number of piperazine rings is 1. The van der Waals surface area contributed by atoms with E-state index >= 15 is 0 Å². The van der Waals surface area contributed by atoms with Crippen molar-refractivity contribution in [3.63, 3.8) is 0 Å². The lowest BCUT2D eigenvalue weighted by Gasteiger charge is -2.31. The standard InChI is InChI=1S/C17H17N3O2/c21-17-14-6-2-1-5-13(14)16(22-17)20-11-9-19(10-12-20)15-7-3-4-8-18-15/h1-8,16H,9-12H2/p+2/t16-/m0/s1. The van der Waals surface area contributed by atoms with Gasteiger partial charge in [0.15, 0.2) is 0 Å². The van der Waals surface area contributed by atoms with Gasteiger partial charge in [0.2, 0.25) is 0 Å². The van der Waals surface area contributed by atoms with Crippen molar-refractivity contribution in [3.8, 4) is 0 Å². The van der Waals surface area contributed by atoms with Gasteiger partial charge in [-0.05, 0) is 18.2 Å². The van der Waals surface area contributed by atoms with E-state index in [0.29, 0.717) is 0 Å². The van der Waals surface area contributed by atoms with Crippen LogP contribution in [0.3, 0.4) is 0 Å². The highest BCUT2D eigenvalue weighted by Crippen LogP contribution is 2.26. The molecule has 5 nitrogen and oxygen atoms in total. The smallest absolute Gasteiger partial charge is 0.343 e. The van der Waals surface area contributed by atoms with Crippen LogP contribution in [0.2, 0.25) is 0 Å². The van der Waals surface area contributed by atoms with Gasteiger partial charge >= 0.3 is 5.97 Å². The number of H-pyrrole nitrogens is 1. The van der Waals surface area contributed by atoms with Crippen LogP contribution in [0.4, 0.5) is 5.82 Å². The molecule has 0 amide bonds. The molecule has 0 radical (unpaired) electrons. The highest BCUT2D eigenvalue weighted by Gasteiger charge is 2.40. The fourth-order valence-corrected chi connectivity index (χ4v) is 3.33. The predicted octanol–water partition coefficient (Wildman–Crippen LogP) is 0.0748. The van der Waals surface area contributed by atoms with Crippen molar-refractivity contribution < 1.29 is 19.4 Å². The highest BCUT2D eigenvalue weighted by molar-refractivity contribution is 5.93. The Morgan fingerprint density at radius 3 is 2.64 bits per heavy atom. The molecule has 2 aromatic rings. The second kappa shape index (κ2) is 5.42. The van der Waals surface area contributed by atoms with E-state index in [1.165, 1.54) is 4.90 Å². The van der Waals surface area contributed by atoms with Crippen molar-refractivity contribution >= 4 is 11.8 Å². The topological polar surface area (TPSA) is 48.1 Å². The molecule has 2 aliphatic heterocycles. The molecule has 0 unspecified atom stereocenters. The summed E-state index contributed by atoms with van der Waals surface area (Å²) in [5.74, 6) is 0.956. The summed E-state index contributed by atoms with van der Waals surface area (Å²) in [7, 11) is 0. The van der Waals surface area contributed by atoms with Crippen LogP contribution in [0, 0.1) is 0 Å². The summed E-state index contributed by atoms with van der Waals surface area (Å²) in [6, 6.07) is 13.8. The number of nitrogens with zero attached hydrogens (tertiary/aromatic N) is 1. The summed E-state index contributed by atoms with van der Waals surface area (Å²) in [6.07, 6.45) is 1.80. The fraction of sp³-hybridized carbons (Fsp3) is 0.294. The van der Waals surface area contributed by atoms with Crippen molar-refractivity contribution in [2.75, 3.05) is 31.1 Å². The first-order valence-electron chi connectivity index (χ1n) is 7.69. The van der Waals surface area contributed by atoms with E-state index in [2.05, 4.69) is 16.0 Å². The lowest BCUT2D eigenvalue weighted by atomic mass is 10.1. The SMILES string of the molecule is O=C1O[C@H]([NH+]2CCN(c3cccc[nH+]3)CC2)c2ccccc21. The van der Waals surface area contributed by atoms with Crippen molar-refractivity contribution in [1.29, 1.82) is 0 Å². The Labute approximate surface area is 129 Å². The molecule has 5 heteroatoms. The summed E-state index contributed by atoms with van der Waals surface area (Å²) in [5, 5.41) is 0. The van der Waals surface area contributed by atoms with Gasteiger partial charge in [0.25, 0.3) is 12.0 Å². The number of ether oxygens (including phenoxy) is 1. The zero-order chi connectivity index (χ0) is 14.9. The molecule has 0 aliphatic carbocycles. The minimum Gasteiger partial charge on any atom is -0.404 e. The molecule has 0 spiro atoms. The molecule has 3 heterocycles. The Morgan fingerprint density at radius 2 is 1.86 bits per heavy atom. The Kier molecular flexibility index (Phi) is 3.27. The molecule has 1 atom stereocenters. The van der Waals surface area contributed by atoms with Crippen molar-refractivity contribution in [2.24, 2.45) is 0 Å². The van der Waals surface area contributed by atoms with E-state index in [1.54, 1.807) is 0 Å². The number of anilines is 1. The molecule has 22 heavy (non-hydrogen) atoms. The van der Waals surface area contributed by atoms with E-state index in [-0.39, 0.29) is 12.2 Å². The van der Waals surface area contributed by atoms with Crippen molar-refractivity contribution in [3.05, 3.63) is 59.8 Å². The van der Waals surface area contributed by atoms with Crippen LogP contribution in [0.15, 0.2) is 48.7 Å². The number of nitrogens with one attached hydrogen (secondary N) is 2. The molecular formula is C17H19N3O2+2. The third-order valence-corrected chi connectivity index (χ3v) is 4.50. The Bertz CT molecular complexity index is 681. The Morgan fingerprint density at radius 1 is 1.09 bits per heavy atom. The molecule has 112 valence electrons. The van der Waals surface area contributed by atoms with Crippen molar-refractivity contribution in [2.45, 2.75) is 6.23 Å². The monoisotopic (exact) mass is 297 g/mol. The van der Waals surface area contributed by atoms with E-state index in [9.17, 15) is 4.79 Å². The van der Waals surface area contributed by atoms with E-state index < -0.39 is 0 Å². The van der Waals surface area contributed by atoms with Gasteiger partial charge in [0.1, 0.15) is 26.2 Å². The average Bonchev–Trinajstić information content (AvgIpc) is 2.93. The normalized spacial score (nSPS) is 21.5. The molecular weight excluding hydrogens is 278 g/mol. The van der Waals surface area contributed by atoms with Crippen LogP contribution >= 0.6 is 0 Å². The van der Waals surface area contributed by atoms with Gasteiger partial charge in [-0.3, -0.25) is 9.80 Å². The molecule has 2 N–H and O–H groups in total. The lowest BCUT2D eigenvalue weighted by molar-refractivity contribution is -0.952. The summed E-state index contributed by atoms with van der Waals surface area (Å²) >= 11 is 0. The molecule has 4 rings (SSSR count). The number of hydrogen-bond acceptors (Lipinski definition) is 3. The van der Waals surface area contributed by atoms with E-state index in [1.807, 2.05) is 42.6 Å². The first kappa shape index (κ1) is 13.3. The molecule has 2 aliphatic rings. The van der Waals surface area contributed by atoms with Crippen molar-refractivity contribution in [1.82, 2.24) is 0 Å². The highest BCUT2D eigenvalue weighted by atomic mass is 16.6. The Hall–Kier alpha value is -2.40. The van der Waals surface area contributed by atoms with Gasteiger partial charge in [0.05, 0.1) is 17.3 Å². The third-order valence-electron chi connectivity index (χ3n) is 4.50. The maximum Gasteiger partial charge on any atom is 0.343 e. The van der Waals surface area contributed by atoms with E-state index in [4.69, 9.17) is 4.74 Å². The summed E-state index contributed by atoms with van der Waals surface area (Å²) in [5.41, 5.74) is 1.75. The number of carbonyl (C=O) groups is 1. The van der Waals surface area contributed by atoms with Crippen LogP contribution < -0.4 is 14.8 Å². The van der Waals surface area contributed by atoms with Crippen LogP contribution in [0.5, 0.6) is 0 Å². The zero-order valence-electron chi connectivity index (χ0n) is 12.3. The largest absolute Gasteiger partial charge is 0.404 e. The number of cyclic esters (lactones) is 1. The number of aromatic nitrogens is 1. The van der Waals surface area contributed by atoms with Crippen LogP contribution in [0.1, 0.15) is 22.1 Å². The number of aromatic amines is 1. The lowest BCUT2D eigenvalue weighted by Crippen LogP contribution is -3.15. The predicted molar refractivity (Wildman–Crippen MR) is 80.5 cm³/mol. The number of carbonyl (C=O) groups excluding carboxylic acids is 1. The number of rotatable bonds is 2. The van der Waals surface area contributed by atoms with Crippen LogP contribution in [-0.2, 0) is 4.74 Å². The number of esters is 1. The minimum atomic E-state index is -0.188. The summed E-state index contributed by atoms with van der Waals surface area (Å²) in [6.45, 7) is 3.81. The maximum absolute atomic E-state index is 12.0. The van der Waals surface area contributed by atoms with Gasteiger partial charge in [-0.1, -0.05) is 18.2 Å². The number of fused-ring (bicyclic) bond motifs is 1. The molecule has 0 saturated carbocycles. The number of hydrogen-bond donors (Lipinski definition) is 1. The quantitative estimate of drug-likeness (QED) is 0.798. The van der Waals surface area contributed by atoms with Crippen LogP contribution in [-0.4, -0.2) is 32.1 Å². The third kappa shape index (κ3) is 2.23. The molecule has 1 aromatic heterocycles. The minimum absolute atomic E-state index is 0.148. The van der Waals surface area contributed by atoms with Gasteiger partial charge in [-0.2, -0.15) is 0 Å². The first-order chi connectivity index (χ1) is 10.8. The first-order valence-corrected chi connectivity index (χ1v) is 7.69. The van der Waals surface area contributed by atoms with Gasteiger partial charge < -0.3 is 4.74 Å². The zero-order valence-corrected chi connectivity index (χ0v) is 12.3. The number of quaternary nitrogens is 1. The molecule has 1 fully saturated rings. The molecule has 1 saturated heterocycles. The maximum atomic E-state index is 12.0. The Balaban J connectivity index is 1.48. The van der Waals surface area contributed by atoms with Gasteiger partial charge in [0, 0.05) is 6.07 Å².